The summed E-state index contributed by atoms with van der Waals surface area (Å²) in [5.74, 6) is 0. The molecule has 0 amide bonds. The Hall–Kier alpha value is -0.450. The van der Waals surface area contributed by atoms with Crippen molar-refractivity contribution in [1.82, 2.24) is 15.2 Å². The standard InChI is InChI=1S/C13H23N3S/c1-10-7-16(6-5-14-10)8-11-9-17-12(15-11)13(2,3)4/h9-10,14H,5-8H2,1-4H3/t10-/m1/s1. The van der Waals surface area contributed by atoms with Gasteiger partial charge in [-0.3, -0.25) is 4.90 Å². The minimum Gasteiger partial charge on any atom is -0.312 e. The van der Waals surface area contributed by atoms with Crippen LogP contribution < -0.4 is 5.32 Å². The maximum absolute atomic E-state index is 4.76. The van der Waals surface area contributed by atoms with E-state index in [1.165, 1.54) is 10.7 Å². The molecule has 0 unspecified atom stereocenters. The third-order valence-corrected chi connectivity index (χ3v) is 4.35. The first-order valence-electron chi connectivity index (χ1n) is 6.36. The Morgan fingerprint density at radius 2 is 2.29 bits per heavy atom. The molecule has 1 atom stereocenters. The number of hydrogen-bond acceptors (Lipinski definition) is 4. The van der Waals surface area contributed by atoms with E-state index >= 15 is 0 Å². The Balaban J connectivity index is 1.97. The molecule has 4 heteroatoms. The van der Waals surface area contributed by atoms with Crippen LogP contribution in [0.15, 0.2) is 5.38 Å². The van der Waals surface area contributed by atoms with Crippen LogP contribution in [0, 0.1) is 0 Å². The molecule has 0 bridgehead atoms. The van der Waals surface area contributed by atoms with Crippen LogP contribution in [0.5, 0.6) is 0 Å². The van der Waals surface area contributed by atoms with E-state index in [4.69, 9.17) is 4.98 Å². The maximum atomic E-state index is 4.76. The van der Waals surface area contributed by atoms with Crippen LogP contribution >= 0.6 is 11.3 Å². The molecule has 2 rings (SSSR count). The van der Waals surface area contributed by atoms with E-state index in [-0.39, 0.29) is 5.41 Å². The summed E-state index contributed by atoms with van der Waals surface area (Å²) in [7, 11) is 0. The number of hydrogen-bond donors (Lipinski definition) is 1. The van der Waals surface area contributed by atoms with Crippen LogP contribution in [0.4, 0.5) is 0 Å². The lowest BCUT2D eigenvalue weighted by Gasteiger charge is -2.31. The number of aromatic nitrogens is 1. The van der Waals surface area contributed by atoms with Crippen LogP contribution in [0.3, 0.4) is 0 Å². The Morgan fingerprint density at radius 1 is 1.53 bits per heavy atom. The molecule has 1 N–H and O–H groups in total. The summed E-state index contributed by atoms with van der Waals surface area (Å²) in [6, 6.07) is 0.601. The summed E-state index contributed by atoms with van der Waals surface area (Å²) in [5, 5.41) is 6.93. The third kappa shape index (κ3) is 3.50. The highest BCUT2D eigenvalue weighted by molar-refractivity contribution is 7.09. The second-order valence-corrected chi connectivity index (χ2v) is 6.84. The average Bonchev–Trinajstić information content (AvgIpc) is 2.65. The first kappa shape index (κ1) is 13.0. The monoisotopic (exact) mass is 253 g/mol. The number of thiazole rings is 1. The lowest BCUT2D eigenvalue weighted by atomic mass is 9.98. The average molecular weight is 253 g/mol. The number of nitrogens with one attached hydrogen (secondary N) is 1. The van der Waals surface area contributed by atoms with Gasteiger partial charge in [0.2, 0.25) is 0 Å². The highest BCUT2D eigenvalue weighted by Gasteiger charge is 2.20. The van der Waals surface area contributed by atoms with E-state index in [0.29, 0.717) is 6.04 Å². The van der Waals surface area contributed by atoms with Gasteiger partial charge in [0.25, 0.3) is 0 Å². The summed E-state index contributed by atoms with van der Waals surface area (Å²) < 4.78 is 0. The molecule has 0 aliphatic carbocycles. The van der Waals surface area contributed by atoms with Gasteiger partial charge in [0.15, 0.2) is 0 Å². The lowest BCUT2D eigenvalue weighted by Crippen LogP contribution is -2.48. The van der Waals surface area contributed by atoms with Crippen molar-refractivity contribution in [1.29, 1.82) is 0 Å². The van der Waals surface area contributed by atoms with Crippen LogP contribution in [0.1, 0.15) is 38.4 Å². The molecule has 1 fully saturated rings. The van der Waals surface area contributed by atoms with Crippen molar-refractivity contribution in [2.45, 2.75) is 45.7 Å². The molecular weight excluding hydrogens is 230 g/mol. The Bertz CT molecular complexity index is 367. The Kier molecular flexibility index (Phi) is 3.85. The van der Waals surface area contributed by atoms with Gasteiger partial charge in [-0.15, -0.1) is 11.3 Å². The number of rotatable bonds is 2. The molecule has 1 saturated heterocycles. The number of nitrogens with zero attached hydrogens (tertiary/aromatic N) is 2. The summed E-state index contributed by atoms with van der Waals surface area (Å²) in [6.45, 7) is 13.3. The van der Waals surface area contributed by atoms with Crippen LogP contribution in [0.25, 0.3) is 0 Å². The van der Waals surface area contributed by atoms with Crippen molar-refractivity contribution in [3.63, 3.8) is 0 Å². The molecule has 0 radical (unpaired) electrons. The van der Waals surface area contributed by atoms with Gasteiger partial charge in [-0.05, 0) is 6.92 Å². The molecule has 0 aromatic carbocycles. The van der Waals surface area contributed by atoms with E-state index < -0.39 is 0 Å². The summed E-state index contributed by atoms with van der Waals surface area (Å²) in [5.41, 5.74) is 1.41. The zero-order valence-corrected chi connectivity index (χ0v) is 12.1. The number of piperazine rings is 1. The second kappa shape index (κ2) is 5.04. The fourth-order valence-electron chi connectivity index (χ4n) is 2.11. The molecule has 1 aliphatic heterocycles. The molecule has 3 nitrogen and oxygen atoms in total. The summed E-state index contributed by atoms with van der Waals surface area (Å²) >= 11 is 1.79. The van der Waals surface area contributed by atoms with E-state index in [2.05, 4.69) is 43.3 Å². The molecular formula is C13H23N3S. The van der Waals surface area contributed by atoms with E-state index in [9.17, 15) is 0 Å². The third-order valence-electron chi connectivity index (χ3n) is 3.03. The SMILES string of the molecule is C[C@@H]1CN(Cc2csc(C(C)(C)C)n2)CCN1. The van der Waals surface area contributed by atoms with Gasteiger partial charge in [-0.2, -0.15) is 0 Å². The fourth-order valence-corrected chi connectivity index (χ4v) is 3.01. The van der Waals surface area contributed by atoms with Crippen LogP contribution in [0.2, 0.25) is 0 Å². The van der Waals surface area contributed by atoms with Crippen molar-refractivity contribution in [2.75, 3.05) is 19.6 Å². The highest BCUT2D eigenvalue weighted by Crippen LogP contribution is 2.26. The van der Waals surface area contributed by atoms with Gasteiger partial charge >= 0.3 is 0 Å². The van der Waals surface area contributed by atoms with Crippen LogP contribution in [-0.4, -0.2) is 35.6 Å². The maximum Gasteiger partial charge on any atom is 0.0982 e. The predicted octanol–water partition coefficient (Wildman–Crippen LogP) is 2.23. The summed E-state index contributed by atoms with van der Waals surface area (Å²) in [4.78, 5) is 7.25. The normalized spacial score (nSPS) is 22.9. The lowest BCUT2D eigenvalue weighted by molar-refractivity contribution is 0.198. The molecule has 0 saturated carbocycles. The molecule has 96 valence electrons. The van der Waals surface area contributed by atoms with Gasteiger partial charge < -0.3 is 5.32 Å². The molecule has 2 heterocycles. The van der Waals surface area contributed by atoms with Crippen molar-refractivity contribution in [3.8, 4) is 0 Å². The van der Waals surface area contributed by atoms with E-state index in [0.717, 1.165) is 26.2 Å². The molecule has 0 spiro atoms. The zero-order chi connectivity index (χ0) is 12.5. The quantitative estimate of drug-likeness (QED) is 0.876. The van der Waals surface area contributed by atoms with Crippen molar-refractivity contribution >= 4 is 11.3 Å². The highest BCUT2D eigenvalue weighted by atomic mass is 32.1. The van der Waals surface area contributed by atoms with Gasteiger partial charge in [-0.1, -0.05) is 20.8 Å². The van der Waals surface area contributed by atoms with Crippen molar-refractivity contribution in [3.05, 3.63) is 16.1 Å². The zero-order valence-electron chi connectivity index (χ0n) is 11.3. The Morgan fingerprint density at radius 3 is 2.88 bits per heavy atom. The fraction of sp³-hybridized carbons (Fsp3) is 0.769. The van der Waals surface area contributed by atoms with Crippen molar-refractivity contribution < 1.29 is 0 Å². The van der Waals surface area contributed by atoms with E-state index in [1.807, 2.05) is 0 Å². The van der Waals surface area contributed by atoms with Crippen molar-refractivity contribution in [2.24, 2.45) is 0 Å². The predicted molar refractivity (Wildman–Crippen MR) is 73.6 cm³/mol. The topological polar surface area (TPSA) is 28.2 Å². The molecule has 17 heavy (non-hydrogen) atoms. The molecule has 1 aromatic heterocycles. The van der Waals surface area contributed by atoms with Gasteiger partial charge in [0.1, 0.15) is 0 Å². The second-order valence-electron chi connectivity index (χ2n) is 5.98. The van der Waals surface area contributed by atoms with Gasteiger partial charge in [0.05, 0.1) is 10.7 Å². The van der Waals surface area contributed by atoms with Crippen LogP contribution in [-0.2, 0) is 12.0 Å². The first-order valence-corrected chi connectivity index (χ1v) is 7.24. The minimum atomic E-state index is 0.180. The summed E-state index contributed by atoms with van der Waals surface area (Å²) in [6.07, 6.45) is 0. The first-order chi connectivity index (χ1) is 7.95. The Labute approximate surface area is 108 Å². The van der Waals surface area contributed by atoms with Gasteiger partial charge in [0, 0.05) is 43.0 Å². The van der Waals surface area contributed by atoms with E-state index in [1.54, 1.807) is 11.3 Å². The largest absolute Gasteiger partial charge is 0.312 e. The van der Waals surface area contributed by atoms with Gasteiger partial charge in [-0.25, -0.2) is 4.98 Å². The minimum absolute atomic E-state index is 0.180. The smallest absolute Gasteiger partial charge is 0.0982 e. The molecule has 1 aromatic rings. The molecule has 1 aliphatic rings.